The van der Waals surface area contributed by atoms with Gasteiger partial charge in [-0.05, 0) is 19.8 Å². The van der Waals surface area contributed by atoms with E-state index < -0.39 is 20.7 Å². The van der Waals surface area contributed by atoms with Crippen LogP contribution in [0.2, 0.25) is 0 Å². The van der Waals surface area contributed by atoms with Gasteiger partial charge < -0.3 is 5.11 Å². The molecule has 1 rings (SSSR count). The average molecular weight is 206 g/mol. The summed E-state index contributed by atoms with van der Waals surface area (Å²) < 4.78 is 22.8. The van der Waals surface area contributed by atoms with Crippen LogP contribution in [0.25, 0.3) is 0 Å². The van der Waals surface area contributed by atoms with Crippen LogP contribution in [0.15, 0.2) is 0 Å². The molecular formula is C9H18O3S. The molecule has 3 nitrogen and oxygen atoms in total. The molecule has 0 saturated carbocycles. The molecule has 0 aromatic rings. The van der Waals surface area contributed by atoms with E-state index >= 15 is 0 Å². The second kappa shape index (κ2) is 3.58. The molecule has 0 radical (unpaired) electrons. The van der Waals surface area contributed by atoms with E-state index in [4.69, 9.17) is 0 Å². The van der Waals surface area contributed by atoms with Gasteiger partial charge in [0.1, 0.15) is 0 Å². The summed E-state index contributed by atoms with van der Waals surface area (Å²) >= 11 is 0. The molecule has 1 fully saturated rings. The molecule has 0 spiro atoms. The predicted molar refractivity (Wildman–Crippen MR) is 52.3 cm³/mol. The first-order valence-corrected chi connectivity index (χ1v) is 6.58. The fourth-order valence-electron chi connectivity index (χ4n) is 1.84. The topological polar surface area (TPSA) is 54.4 Å². The third-order valence-corrected chi connectivity index (χ3v) is 5.37. The van der Waals surface area contributed by atoms with Gasteiger partial charge in [0.15, 0.2) is 9.84 Å². The van der Waals surface area contributed by atoms with E-state index in [9.17, 15) is 13.5 Å². The number of sulfone groups is 1. The maximum atomic E-state index is 11.4. The SMILES string of the molecule is CCCCC1(O)CCS(=O)(=O)C1C. The van der Waals surface area contributed by atoms with Gasteiger partial charge in [-0.25, -0.2) is 8.42 Å². The molecule has 0 aliphatic carbocycles. The quantitative estimate of drug-likeness (QED) is 0.752. The van der Waals surface area contributed by atoms with Crippen molar-refractivity contribution in [1.29, 1.82) is 0 Å². The Bertz CT molecular complexity index is 271. The highest BCUT2D eigenvalue weighted by molar-refractivity contribution is 7.92. The second-order valence-electron chi connectivity index (χ2n) is 3.97. The summed E-state index contributed by atoms with van der Waals surface area (Å²) in [6.07, 6.45) is 2.92. The van der Waals surface area contributed by atoms with Crippen molar-refractivity contribution < 1.29 is 13.5 Å². The van der Waals surface area contributed by atoms with Gasteiger partial charge in [0.25, 0.3) is 0 Å². The lowest BCUT2D eigenvalue weighted by molar-refractivity contribution is 0.0342. The largest absolute Gasteiger partial charge is 0.389 e. The molecule has 1 aliphatic rings. The zero-order valence-electron chi connectivity index (χ0n) is 8.28. The van der Waals surface area contributed by atoms with Crippen LogP contribution in [0.5, 0.6) is 0 Å². The van der Waals surface area contributed by atoms with Crippen molar-refractivity contribution in [2.45, 2.75) is 50.4 Å². The Balaban J connectivity index is 2.72. The fourth-order valence-corrected chi connectivity index (χ4v) is 3.74. The van der Waals surface area contributed by atoms with Gasteiger partial charge in [-0.3, -0.25) is 0 Å². The highest BCUT2D eigenvalue weighted by atomic mass is 32.2. The molecule has 1 N–H and O–H groups in total. The molecule has 0 amide bonds. The average Bonchev–Trinajstić information content (AvgIpc) is 2.28. The summed E-state index contributed by atoms with van der Waals surface area (Å²) in [5.74, 6) is 0.147. The molecule has 0 aromatic carbocycles. The van der Waals surface area contributed by atoms with E-state index in [1.165, 1.54) is 0 Å². The minimum absolute atomic E-state index is 0.147. The molecule has 1 saturated heterocycles. The predicted octanol–water partition coefficient (Wildman–Crippen LogP) is 1.11. The van der Waals surface area contributed by atoms with Crippen LogP contribution < -0.4 is 0 Å². The van der Waals surface area contributed by atoms with Crippen molar-refractivity contribution in [2.24, 2.45) is 0 Å². The second-order valence-corrected chi connectivity index (χ2v) is 6.41. The first-order valence-electron chi connectivity index (χ1n) is 4.86. The Labute approximate surface area is 80.1 Å². The van der Waals surface area contributed by atoms with Crippen LogP contribution in [0, 0.1) is 0 Å². The number of hydrogen-bond acceptors (Lipinski definition) is 3. The maximum Gasteiger partial charge on any atom is 0.155 e. The first kappa shape index (κ1) is 11.0. The lowest BCUT2D eigenvalue weighted by Gasteiger charge is -2.25. The molecule has 1 heterocycles. The van der Waals surface area contributed by atoms with Gasteiger partial charge in [0.05, 0.1) is 16.6 Å². The van der Waals surface area contributed by atoms with Crippen molar-refractivity contribution >= 4 is 9.84 Å². The van der Waals surface area contributed by atoms with Gasteiger partial charge in [0.2, 0.25) is 0 Å². The van der Waals surface area contributed by atoms with Crippen molar-refractivity contribution in [3.05, 3.63) is 0 Å². The number of unbranched alkanes of at least 4 members (excludes halogenated alkanes) is 1. The zero-order valence-corrected chi connectivity index (χ0v) is 9.10. The summed E-state index contributed by atoms with van der Waals surface area (Å²) in [5.41, 5.74) is -0.950. The molecular weight excluding hydrogens is 188 g/mol. The molecule has 0 bridgehead atoms. The zero-order chi connectivity index (χ0) is 10.1. The van der Waals surface area contributed by atoms with Gasteiger partial charge >= 0.3 is 0 Å². The Hall–Kier alpha value is -0.0900. The van der Waals surface area contributed by atoms with E-state index in [-0.39, 0.29) is 5.75 Å². The van der Waals surface area contributed by atoms with Gasteiger partial charge in [0, 0.05) is 0 Å². The van der Waals surface area contributed by atoms with E-state index in [1.54, 1.807) is 6.92 Å². The van der Waals surface area contributed by atoms with Crippen LogP contribution >= 0.6 is 0 Å². The Kier molecular flexibility index (Phi) is 3.02. The highest BCUT2D eigenvalue weighted by Gasteiger charge is 2.47. The van der Waals surface area contributed by atoms with Gasteiger partial charge in [-0.2, -0.15) is 0 Å². The van der Waals surface area contributed by atoms with E-state index in [1.807, 2.05) is 6.92 Å². The van der Waals surface area contributed by atoms with Crippen molar-refractivity contribution in [3.8, 4) is 0 Å². The lowest BCUT2D eigenvalue weighted by atomic mass is 9.91. The van der Waals surface area contributed by atoms with Crippen molar-refractivity contribution in [1.82, 2.24) is 0 Å². The first-order chi connectivity index (χ1) is 5.92. The van der Waals surface area contributed by atoms with E-state index in [0.29, 0.717) is 12.8 Å². The smallest absolute Gasteiger partial charge is 0.155 e. The monoisotopic (exact) mass is 206 g/mol. The molecule has 1 aliphatic heterocycles. The van der Waals surface area contributed by atoms with Gasteiger partial charge in [-0.1, -0.05) is 19.8 Å². The summed E-state index contributed by atoms with van der Waals surface area (Å²) in [5, 5.41) is 9.47. The minimum Gasteiger partial charge on any atom is -0.389 e. The Morgan fingerprint density at radius 1 is 1.54 bits per heavy atom. The minimum atomic E-state index is -3.01. The molecule has 78 valence electrons. The van der Waals surface area contributed by atoms with E-state index in [2.05, 4.69) is 0 Å². The third-order valence-electron chi connectivity index (χ3n) is 3.08. The summed E-state index contributed by atoms with van der Waals surface area (Å²) in [7, 11) is -3.01. The number of aliphatic hydroxyl groups is 1. The summed E-state index contributed by atoms with van der Waals surface area (Å²) in [6, 6.07) is 0. The van der Waals surface area contributed by atoms with Crippen LogP contribution in [0.1, 0.15) is 39.5 Å². The van der Waals surface area contributed by atoms with Crippen LogP contribution in [-0.2, 0) is 9.84 Å². The molecule has 4 heteroatoms. The summed E-state index contributed by atoms with van der Waals surface area (Å²) in [4.78, 5) is 0. The fraction of sp³-hybridized carbons (Fsp3) is 1.00. The third kappa shape index (κ3) is 2.05. The molecule has 2 unspecified atom stereocenters. The maximum absolute atomic E-state index is 11.4. The number of hydrogen-bond donors (Lipinski definition) is 1. The van der Waals surface area contributed by atoms with Crippen LogP contribution in [0.4, 0.5) is 0 Å². The number of rotatable bonds is 3. The van der Waals surface area contributed by atoms with Crippen LogP contribution in [-0.4, -0.2) is 30.1 Å². The molecule has 13 heavy (non-hydrogen) atoms. The van der Waals surface area contributed by atoms with Crippen LogP contribution in [0.3, 0.4) is 0 Å². The molecule has 0 aromatic heterocycles. The normalized spacial score (nSPS) is 37.9. The van der Waals surface area contributed by atoms with E-state index in [0.717, 1.165) is 12.8 Å². The highest BCUT2D eigenvalue weighted by Crippen LogP contribution is 2.34. The Morgan fingerprint density at radius 3 is 2.54 bits per heavy atom. The van der Waals surface area contributed by atoms with Crippen molar-refractivity contribution in [2.75, 3.05) is 5.75 Å². The standard InChI is InChI=1S/C9H18O3S/c1-3-4-5-9(10)6-7-13(11,12)8(9)2/h8,10H,3-7H2,1-2H3. The van der Waals surface area contributed by atoms with Crippen molar-refractivity contribution in [3.63, 3.8) is 0 Å². The Morgan fingerprint density at radius 2 is 2.15 bits per heavy atom. The lowest BCUT2D eigenvalue weighted by Crippen LogP contribution is -2.38. The molecule has 2 atom stereocenters. The summed E-state index contributed by atoms with van der Waals surface area (Å²) in [6.45, 7) is 3.66. The van der Waals surface area contributed by atoms with Gasteiger partial charge in [-0.15, -0.1) is 0 Å².